The van der Waals surface area contributed by atoms with E-state index in [1.807, 2.05) is 0 Å². The van der Waals surface area contributed by atoms with Gasteiger partial charge in [0.2, 0.25) is 0 Å². The molecule has 6 heteroatoms. The highest BCUT2D eigenvalue weighted by atomic mass is 32.2. The van der Waals surface area contributed by atoms with Gasteiger partial charge >= 0.3 is 0 Å². The number of aromatic nitrogens is 2. The largest absolute Gasteiger partial charge is 0.257 e. The SMILES string of the molecule is C1=Cc2cccc3cccc1c23.NS(=O)(=O)c1cnc2ccccc2n1. The van der Waals surface area contributed by atoms with Crippen LogP contribution in [-0.2, 0) is 10.0 Å². The molecule has 1 aliphatic carbocycles. The number of nitrogens with zero attached hydrogens (tertiary/aromatic N) is 2. The van der Waals surface area contributed by atoms with Crippen LogP contribution in [0.1, 0.15) is 11.1 Å². The molecule has 2 N–H and O–H groups in total. The maximum Gasteiger partial charge on any atom is 0.257 e. The molecule has 0 saturated carbocycles. The molecule has 1 aliphatic rings. The molecule has 0 radical (unpaired) electrons. The van der Waals surface area contributed by atoms with E-state index in [4.69, 9.17) is 5.14 Å². The van der Waals surface area contributed by atoms with Crippen molar-refractivity contribution in [3.8, 4) is 0 Å². The lowest BCUT2D eigenvalue weighted by Gasteiger charge is -1.99. The minimum absolute atomic E-state index is 0.212. The van der Waals surface area contributed by atoms with Gasteiger partial charge in [0, 0.05) is 0 Å². The van der Waals surface area contributed by atoms with Crippen molar-refractivity contribution in [1.29, 1.82) is 0 Å². The number of nitrogens with two attached hydrogens (primary N) is 1. The van der Waals surface area contributed by atoms with Crippen molar-refractivity contribution in [3.63, 3.8) is 0 Å². The highest BCUT2D eigenvalue weighted by molar-refractivity contribution is 7.89. The third-order valence-electron chi connectivity index (χ3n) is 4.13. The van der Waals surface area contributed by atoms with Gasteiger partial charge < -0.3 is 0 Å². The summed E-state index contributed by atoms with van der Waals surface area (Å²) in [6.45, 7) is 0. The minimum atomic E-state index is -3.77. The topological polar surface area (TPSA) is 85.9 Å². The van der Waals surface area contributed by atoms with Crippen molar-refractivity contribution >= 4 is 44.0 Å². The number of para-hydroxylation sites is 2. The van der Waals surface area contributed by atoms with E-state index in [1.165, 1.54) is 21.9 Å². The van der Waals surface area contributed by atoms with Crippen molar-refractivity contribution in [3.05, 3.63) is 78.0 Å². The van der Waals surface area contributed by atoms with E-state index in [0.29, 0.717) is 11.0 Å². The zero-order valence-corrected chi connectivity index (χ0v) is 14.5. The van der Waals surface area contributed by atoms with Crippen molar-refractivity contribution in [2.45, 2.75) is 5.03 Å². The number of fused-ring (bicyclic) bond motifs is 1. The van der Waals surface area contributed by atoms with Crippen LogP contribution in [0.4, 0.5) is 0 Å². The molecule has 0 fully saturated rings. The van der Waals surface area contributed by atoms with Gasteiger partial charge in [-0.3, -0.25) is 4.98 Å². The Morgan fingerprint density at radius 3 is 2.00 bits per heavy atom. The van der Waals surface area contributed by atoms with Crippen LogP contribution in [-0.4, -0.2) is 18.4 Å². The molecule has 0 atom stereocenters. The normalized spacial score (nSPS) is 12.2. The number of sulfonamides is 1. The minimum Gasteiger partial charge on any atom is -0.252 e. The quantitative estimate of drug-likeness (QED) is 0.494. The Labute approximate surface area is 150 Å². The molecule has 3 aromatic carbocycles. The van der Waals surface area contributed by atoms with E-state index < -0.39 is 10.0 Å². The van der Waals surface area contributed by atoms with Gasteiger partial charge in [-0.2, -0.15) is 0 Å². The Hall–Kier alpha value is -3.09. The lowest BCUT2D eigenvalue weighted by molar-refractivity contribution is 0.594. The summed E-state index contributed by atoms with van der Waals surface area (Å²) in [5.41, 5.74) is 3.85. The fraction of sp³-hybridized carbons (Fsp3) is 0. The van der Waals surface area contributed by atoms with Gasteiger partial charge in [0.1, 0.15) is 0 Å². The lowest BCUT2D eigenvalue weighted by atomic mass is 10.0. The number of primary sulfonamides is 1. The van der Waals surface area contributed by atoms with Gasteiger partial charge in [-0.15, -0.1) is 0 Å². The molecule has 0 aliphatic heterocycles. The van der Waals surface area contributed by atoms with Gasteiger partial charge in [0.15, 0.2) is 5.03 Å². The molecule has 0 saturated heterocycles. The van der Waals surface area contributed by atoms with Crippen LogP contribution in [0.15, 0.2) is 71.9 Å². The number of hydrogen-bond acceptors (Lipinski definition) is 4. The van der Waals surface area contributed by atoms with Gasteiger partial charge in [-0.25, -0.2) is 18.5 Å². The second kappa shape index (κ2) is 6.33. The Morgan fingerprint density at radius 2 is 1.38 bits per heavy atom. The summed E-state index contributed by atoms with van der Waals surface area (Å²) >= 11 is 0. The molecule has 1 aromatic heterocycles. The van der Waals surface area contributed by atoms with E-state index in [0.717, 1.165) is 6.20 Å². The molecule has 5 rings (SSSR count). The maximum atomic E-state index is 11.0. The van der Waals surface area contributed by atoms with Crippen LogP contribution in [0.2, 0.25) is 0 Å². The van der Waals surface area contributed by atoms with Crippen molar-refractivity contribution in [2.24, 2.45) is 5.14 Å². The van der Waals surface area contributed by atoms with Crippen LogP contribution in [0.25, 0.3) is 34.0 Å². The first kappa shape index (κ1) is 16.4. The Morgan fingerprint density at radius 1 is 0.769 bits per heavy atom. The van der Waals surface area contributed by atoms with E-state index in [1.54, 1.807) is 24.3 Å². The van der Waals surface area contributed by atoms with Gasteiger partial charge in [-0.05, 0) is 34.0 Å². The Kier molecular flexibility index (Phi) is 3.99. The van der Waals surface area contributed by atoms with Gasteiger partial charge in [0.05, 0.1) is 17.2 Å². The molecule has 0 spiro atoms. The average molecular weight is 361 g/mol. The first-order chi connectivity index (χ1) is 12.5. The summed E-state index contributed by atoms with van der Waals surface area (Å²) in [5.74, 6) is 0. The molecule has 5 nitrogen and oxygen atoms in total. The van der Waals surface area contributed by atoms with Crippen LogP contribution in [0.3, 0.4) is 0 Å². The highest BCUT2D eigenvalue weighted by Gasteiger charge is 2.10. The van der Waals surface area contributed by atoms with Crippen LogP contribution < -0.4 is 5.14 Å². The second-order valence-electron chi connectivity index (χ2n) is 5.87. The zero-order valence-electron chi connectivity index (χ0n) is 13.7. The molecule has 0 unspecified atom stereocenters. The molecule has 1 heterocycles. The van der Waals surface area contributed by atoms with E-state index >= 15 is 0 Å². The number of rotatable bonds is 1. The number of benzene rings is 3. The standard InChI is InChI=1S/C12H8.C8H7N3O2S/c1-3-9-4-2-6-11-8-7-10(5-1)12(9)11;9-14(12,13)8-5-10-6-3-1-2-4-7(6)11-8/h1-8H;1-5H,(H2,9,12,13). The average Bonchev–Trinajstić information content (AvgIpc) is 3.07. The summed E-state index contributed by atoms with van der Waals surface area (Å²) in [7, 11) is -3.77. The molecule has 0 amide bonds. The summed E-state index contributed by atoms with van der Waals surface area (Å²) in [6, 6.07) is 19.8. The molecular weight excluding hydrogens is 346 g/mol. The summed E-state index contributed by atoms with van der Waals surface area (Å²) in [5, 5.41) is 7.45. The van der Waals surface area contributed by atoms with E-state index in [-0.39, 0.29) is 5.03 Å². The highest BCUT2D eigenvalue weighted by Crippen LogP contribution is 2.30. The Bertz CT molecular complexity index is 1220. The molecule has 0 bridgehead atoms. The summed E-state index contributed by atoms with van der Waals surface area (Å²) in [6.07, 6.45) is 5.51. The first-order valence-electron chi connectivity index (χ1n) is 7.97. The maximum absolute atomic E-state index is 11.0. The molecule has 26 heavy (non-hydrogen) atoms. The zero-order chi connectivity index (χ0) is 18.1. The van der Waals surface area contributed by atoms with Crippen LogP contribution in [0.5, 0.6) is 0 Å². The predicted molar refractivity (Wildman–Crippen MR) is 104 cm³/mol. The lowest BCUT2D eigenvalue weighted by Crippen LogP contribution is -2.14. The third-order valence-corrected chi connectivity index (χ3v) is 4.91. The van der Waals surface area contributed by atoms with Crippen LogP contribution >= 0.6 is 0 Å². The third kappa shape index (κ3) is 3.08. The monoisotopic (exact) mass is 361 g/mol. The van der Waals surface area contributed by atoms with Crippen LogP contribution in [0, 0.1) is 0 Å². The van der Waals surface area contributed by atoms with E-state index in [2.05, 4.69) is 58.5 Å². The number of hydrogen-bond donors (Lipinski definition) is 1. The van der Waals surface area contributed by atoms with Gasteiger partial charge in [-0.1, -0.05) is 60.7 Å². The summed E-state index contributed by atoms with van der Waals surface area (Å²) in [4.78, 5) is 7.80. The molecule has 4 aromatic rings. The molecular formula is C20H15N3O2S. The molecule has 128 valence electrons. The fourth-order valence-corrected chi connectivity index (χ4v) is 3.36. The van der Waals surface area contributed by atoms with E-state index in [9.17, 15) is 8.42 Å². The summed E-state index contributed by atoms with van der Waals surface area (Å²) < 4.78 is 21.9. The Balaban J connectivity index is 0.000000130. The fourth-order valence-electron chi connectivity index (χ4n) is 2.93. The second-order valence-corrected chi connectivity index (χ2v) is 7.38. The van der Waals surface area contributed by atoms with Crippen molar-refractivity contribution in [1.82, 2.24) is 9.97 Å². The van der Waals surface area contributed by atoms with Gasteiger partial charge in [0.25, 0.3) is 10.0 Å². The van der Waals surface area contributed by atoms with Crippen molar-refractivity contribution in [2.75, 3.05) is 0 Å². The predicted octanol–water partition coefficient (Wildman–Crippen LogP) is 3.60. The smallest absolute Gasteiger partial charge is 0.252 e. The van der Waals surface area contributed by atoms with Crippen molar-refractivity contribution < 1.29 is 8.42 Å². The first-order valence-corrected chi connectivity index (χ1v) is 9.51.